The van der Waals surface area contributed by atoms with Crippen LogP contribution in [0, 0.1) is 0 Å². The molecule has 0 radical (unpaired) electrons. The maximum atomic E-state index is 4.21. The Balaban J connectivity index is 4.75. The average Bonchev–Trinajstić information content (AvgIpc) is 1.62. The van der Waals surface area contributed by atoms with Gasteiger partial charge in [0.15, 0.2) is 0 Å². The molecule has 0 spiro atoms. The maximum Gasteiger partial charge on any atom is 0.00402 e. The van der Waals surface area contributed by atoms with Crippen molar-refractivity contribution in [2.45, 2.75) is 25.9 Å². The van der Waals surface area contributed by atoms with Crippen LogP contribution in [-0.2, 0) is 0 Å². The van der Waals surface area contributed by atoms with E-state index in [9.17, 15) is 0 Å². The molecule has 0 aliphatic rings. The van der Waals surface area contributed by atoms with Crippen LogP contribution in [0.4, 0.5) is 0 Å². The Morgan fingerprint density at radius 1 is 1.30 bits per heavy atom. The molecule has 10 heavy (non-hydrogen) atoms. The van der Waals surface area contributed by atoms with Crippen molar-refractivity contribution in [2.24, 2.45) is 0 Å². The fourth-order valence-electron chi connectivity index (χ4n) is 0.517. The molecule has 0 fully saturated rings. The maximum absolute atomic E-state index is 4.21. The van der Waals surface area contributed by atoms with Crippen LogP contribution in [0.2, 0.25) is 0 Å². The van der Waals surface area contributed by atoms with Crippen LogP contribution in [0.1, 0.15) is 20.8 Å². The Morgan fingerprint density at radius 2 is 1.60 bits per heavy atom. The molecule has 0 aromatic heterocycles. The van der Waals surface area contributed by atoms with Crippen LogP contribution in [0.3, 0.4) is 0 Å². The van der Waals surface area contributed by atoms with Gasteiger partial charge in [0, 0.05) is 5.16 Å². The first-order valence-corrected chi connectivity index (χ1v) is 6.41. The van der Waals surface area contributed by atoms with Gasteiger partial charge >= 0.3 is 0 Å². The second-order valence-corrected chi connectivity index (χ2v) is 8.51. The zero-order valence-electron chi connectivity index (χ0n) is 7.86. The molecule has 0 nitrogen and oxygen atoms in total. The number of hydrogen-bond acceptors (Lipinski definition) is 0. The van der Waals surface area contributed by atoms with Crippen LogP contribution in [0.25, 0.3) is 0 Å². The van der Waals surface area contributed by atoms with Gasteiger partial charge < -0.3 is 0 Å². The molecule has 0 aromatic rings. The molecular formula is C9H19P. The Hall–Kier alpha value is 0.0400. The summed E-state index contributed by atoms with van der Waals surface area (Å²) in [5, 5.41) is 0.243. The molecule has 0 saturated carbocycles. The summed E-state index contributed by atoms with van der Waals surface area (Å²) in [6, 6.07) is 0. The Morgan fingerprint density at radius 3 is 1.60 bits per heavy atom. The van der Waals surface area contributed by atoms with E-state index in [4.69, 9.17) is 0 Å². The van der Waals surface area contributed by atoms with Crippen LogP contribution < -0.4 is 0 Å². The lowest BCUT2D eigenvalue weighted by molar-refractivity contribution is 0.820. The lowest BCUT2D eigenvalue weighted by Crippen LogP contribution is -2.20. The molecule has 0 rings (SSSR count). The van der Waals surface area contributed by atoms with Crippen molar-refractivity contribution in [3.05, 3.63) is 12.2 Å². The van der Waals surface area contributed by atoms with E-state index in [1.54, 1.807) is 0 Å². The second-order valence-electron chi connectivity index (χ2n) is 4.02. The van der Waals surface area contributed by atoms with Crippen molar-refractivity contribution in [2.75, 3.05) is 13.3 Å². The van der Waals surface area contributed by atoms with E-state index in [1.807, 2.05) is 0 Å². The molecule has 0 saturated heterocycles. The smallest absolute Gasteiger partial charge is 0.00402 e. The average molecular weight is 158 g/mol. The predicted molar refractivity (Wildman–Crippen MR) is 54.8 cm³/mol. The minimum absolute atomic E-state index is 0.243. The van der Waals surface area contributed by atoms with Gasteiger partial charge in [-0.05, 0) is 20.3 Å². The van der Waals surface area contributed by atoms with E-state index in [0.717, 1.165) is 0 Å². The van der Waals surface area contributed by atoms with E-state index < -0.39 is 6.89 Å². The highest BCUT2D eigenvalue weighted by molar-refractivity contribution is 7.73. The van der Waals surface area contributed by atoms with Crippen molar-refractivity contribution in [1.29, 1.82) is 0 Å². The lowest BCUT2D eigenvalue weighted by atomic mass is 10.1. The number of hydrogen-bond donors (Lipinski definition) is 0. The summed E-state index contributed by atoms with van der Waals surface area (Å²) >= 11 is 0. The van der Waals surface area contributed by atoms with Crippen molar-refractivity contribution in [3.63, 3.8) is 0 Å². The van der Waals surface area contributed by atoms with Gasteiger partial charge in [0.1, 0.15) is 0 Å². The molecule has 60 valence electrons. The molecule has 0 N–H and O–H groups in total. The van der Waals surface area contributed by atoms with Crippen LogP contribution >= 0.6 is 6.89 Å². The minimum Gasteiger partial charge on any atom is -0.109 e. The zero-order chi connectivity index (χ0) is 8.58. The first kappa shape index (κ1) is 10.0. The van der Waals surface area contributed by atoms with Crippen molar-refractivity contribution in [3.8, 4) is 0 Å². The Bertz CT molecular complexity index is 181. The first-order chi connectivity index (χ1) is 4.19. The second kappa shape index (κ2) is 2.58. The molecule has 0 aliphatic carbocycles. The van der Waals surface area contributed by atoms with Crippen molar-refractivity contribution in [1.82, 2.24) is 0 Å². The first-order valence-electron chi connectivity index (χ1n) is 3.54. The number of allylic oxidation sites excluding steroid dienone is 1. The van der Waals surface area contributed by atoms with Gasteiger partial charge in [0.25, 0.3) is 0 Å². The van der Waals surface area contributed by atoms with Gasteiger partial charge in [-0.25, -0.2) is 0 Å². The van der Waals surface area contributed by atoms with Crippen LogP contribution in [0.5, 0.6) is 0 Å². The summed E-state index contributed by atoms with van der Waals surface area (Å²) in [5.74, 6) is 0. The van der Waals surface area contributed by atoms with Crippen LogP contribution in [0.15, 0.2) is 12.2 Å². The molecular weight excluding hydrogens is 139 g/mol. The fraction of sp³-hybridized carbons (Fsp3) is 0.667. The molecule has 0 amide bonds. The highest BCUT2D eigenvalue weighted by Crippen LogP contribution is 2.53. The molecule has 0 heterocycles. The third kappa shape index (κ3) is 1.76. The van der Waals surface area contributed by atoms with Gasteiger partial charge in [0.05, 0.1) is 0 Å². The zero-order valence-corrected chi connectivity index (χ0v) is 8.76. The van der Waals surface area contributed by atoms with E-state index in [-0.39, 0.29) is 5.16 Å². The summed E-state index contributed by atoms with van der Waals surface area (Å²) in [6.45, 7) is 14.0. The largest absolute Gasteiger partial charge is 0.109 e. The topological polar surface area (TPSA) is 0 Å². The monoisotopic (exact) mass is 158 g/mol. The van der Waals surface area contributed by atoms with Gasteiger partial charge in [0.2, 0.25) is 0 Å². The summed E-state index contributed by atoms with van der Waals surface area (Å²) in [4.78, 5) is 0. The van der Waals surface area contributed by atoms with Crippen LogP contribution in [-0.4, -0.2) is 24.8 Å². The predicted octanol–water partition coefficient (Wildman–Crippen LogP) is 3.05. The Labute approximate surface area is 65.3 Å². The minimum atomic E-state index is -1.02. The summed E-state index contributed by atoms with van der Waals surface area (Å²) in [6.07, 6.45) is 4.21. The normalized spacial score (nSPS) is 13.3. The van der Waals surface area contributed by atoms with Gasteiger partial charge in [-0.15, -0.1) is 13.2 Å². The highest BCUT2D eigenvalue weighted by Gasteiger charge is 2.26. The van der Waals surface area contributed by atoms with Gasteiger partial charge in [-0.1, -0.05) is 26.0 Å². The standard InChI is InChI=1S/C9H19P/c1-8(2)9(3,4)10(5,6)7/h1,5H2,2-4,6-7H3. The third-order valence-corrected chi connectivity index (χ3v) is 5.97. The molecule has 0 unspecified atom stereocenters. The summed E-state index contributed by atoms with van der Waals surface area (Å²) in [5.41, 5.74) is 1.25. The Kier molecular flexibility index (Phi) is 2.59. The fourth-order valence-corrected chi connectivity index (χ4v) is 1.55. The van der Waals surface area contributed by atoms with Gasteiger partial charge in [-0.3, -0.25) is 0 Å². The lowest BCUT2D eigenvalue weighted by Gasteiger charge is -2.35. The van der Waals surface area contributed by atoms with Crippen molar-refractivity contribution >= 4 is 13.2 Å². The van der Waals surface area contributed by atoms with E-state index in [0.29, 0.717) is 0 Å². The molecule has 0 aromatic carbocycles. The molecule has 0 aliphatic heterocycles. The number of rotatable bonds is 2. The van der Waals surface area contributed by atoms with E-state index in [2.05, 4.69) is 47.0 Å². The third-order valence-electron chi connectivity index (χ3n) is 2.56. The molecule has 1 heteroatoms. The molecule has 0 bridgehead atoms. The summed E-state index contributed by atoms with van der Waals surface area (Å²) in [7, 11) is 0. The van der Waals surface area contributed by atoms with Gasteiger partial charge in [-0.2, -0.15) is 0 Å². The van der Waals surface area contributed by atoms with E-state index >= 15 is 0 Å². The molecule has 0 atom stereocenters. The summed E-state index contributed by atoms with van der Waals surface area (Å²) < 4.78 is 0. The SMILES string of the molecule is C=C(C)C(C)(C)P(=C)(C)C. The van der Waals surface area contributed by atoms with E-state index in [1.165, 1.54) is 5.57 Å². The van der Waals surface area contributed by atoms with Crippen molar-refractivity contribution < 1.29 is 0 Å². The highest BCUT2D eigenvalue weighted by atomic mass is 31.2. The quantitative estimate of drug-likeness (QED) is 0.428.